The molecule has 2 rings (SSSR count). The molecule has 0 aromatic heterocycles. The van der Waals surface area contributed by atoms with Crippen molar-refractivity contribution in [2.45, 2.75) is 0 Å². The number of anilines is 1. The lowest BCUT2D eigenvalue weighted by molar-refractivity contribution is 0.0991. The summed E-state index contributed by atoms with van der Waals surface area (Å²) in [5.41, 5.74) is 1.57. The summed E-state index contributed by atoms with van der Waals surface area (Å²) in [6.45, 7) is 0. The van der Waals surface area contributed by atoms with Crippen LogP contribution in [-0.2, 0) is 0 Å². The van der Waals surface area contributed by atoms with Crippen LogP contribution in [0.4, 0.5) is 5.69 Å². The largest absolute Gasteiger partial charge is 0.312 e. The summed E-state index contributed by atoms with van der Waals surface area (Å²) in [6, 6.07) is 18.9. The van der Waals surface area contributed by atoms with Gasteiger partial charge in [-0.1, -0.05) is 36.4 Å². The Labute approximate surface area is 104 Å². The van der Waals surface area contributed by atoms with E-state index in [9.17, 15) is 4.79 Å². The van der Waals surface area contributed by atoms with Gasteiger partial charge in [-0.25, -0.2) is 0 Å². The SMILES string of the molecule is O=C(c1ccccc1)N(C[Si])c1ccccc1. The average molecular weight is 238 g/mol. The Morgan fingerprint density at radius 1 is 0.941 bits per heavy atom. The minimum atomic E-state index is -0.00759. The Hall–Kier alpha value is -1.87. The summed E-state index contributed by atoms with van der Waals surface area (Å²) in [4.78, 5) is 14.0. The van der Waals surface area contributed by atoms with Gasteiger partial charge in [0, 0.05) is 17.4 Å². The first-order chi connectivity index (χ1) is 8.33. The van der Waals surface area contributed by atoms with Crippen LogP contribution in [-0.4, -0.2) is 22.3 Å². The molecule has 0 bridgehead atoms. The maximum absolute atomic E-state index is 12.3. The number of carbonyl (C=O) groups excluding carboxylic acids is 1. The second kappa shape index (κ2) is 5.45. The fraction of sp³-hybridized carbons (Fsp3) is 0.0714. The van der Waals surface area contributed by atoms with Crippen LogP contribution in [0, 0.1) is 0 Å². The zero-order valence-electron chi connectivity index (χ0n) is 9.34. The highest BCUT2D eigenvalue weighted by Crippen LogP contribution is 2.15. The molecule has 0 saturated carbocycles. The number of rotatable bonds is 3. The quantitative estimate of drug-likeness (QED) is 0.752. The topological polar surface area (TPSA) is 20.3 Å². The number of para-hydroxylation sites is 1. The lowest BCUT2D eigenvalue weighted by Crippen LogP contribution is -2.31. The van der Waals surface area contributed by atoms with Crippen LogP contribution >= 0.6 is 0 Å². The molecule has 0 aliphatic rings. The highest BCUT2D eigenvalue weighted by Gasteiger charge is 2.14. The molecule has 0 N–H and O–H groups in total. The molecular weight excluding hydrogens is 226 g/mol. The Kier molecular flexibility index (Phi) is 3.72. The number of carbonyl (C=O) groups is 1. The van der Waals surface area contributed by atoms with E-state index in [-0.39, 0.29) is 5.91 Å². The molecule has 0 aliphatic carbocycles. The third-order valence-corrected chi connectivity index (χ3v) is 2.81. The van der Waals surface area contributed by atoms with E-state index in [1.54, 1.807) is 4.90 Å². The summed E-state index contributed by atoms with van der Waals surface area (Å²) in [5, 5.41) is 0. The average Bonchev–Trinajstić information content (AvgIpc) is 2.42. The molecule has 1 amide bonds. The van der Waals surface area contributed by atoms with Gasteiger partial charge in [-0.3, -0.25) is 4.79 Å². The number of hydrogen-bond donors (Lipinski definition) is 0. The van der Waals surface area contributed by atoms with Crippen molar-refractivity contribution in [3.63, 3.8) is 0 Å². The summed E-state index contributed by atoms with van der Waals surface area (Å²) in [6.07, 6.45) is 0.470. The van der Waals surface area contributed by atoms with Gasteiger partial charge < -0.3 is 4.90 Å². The second-order valence-electron chi connectivity index (χ2n) is 3.59. The molecule has 2 aromatic carbocycles. The zero-order chi connectivity index (χ0) is 12.1. The molecule has 0 aliphatic heterocycles. The van der Waals surface area contributed by atoms with E-state index in [4.69, 9.17) is 0 Å². The molecule has 3 radical (unpaired) electrons. The molecule has 0 unspecified atom stereocenters. The van der Waals surface area contributed by atoms with Gasteiger partial charge in [0.25, 0.3) is 5.91 Å². The van der Waals surface area contributed by atoms with Crippen molar-refractivity contribution in [2.75, 3.05) is 11.1 Å². The van der Waals surface area contributed by atoms with E-state index in [1.807, 2.05) is 60.7 Å². The Morgan fingerprint density at radius 2 is 1.47 bits per heavy atom. The summed E-state index contributed by atoms with van der Waals surface area (Å²) in [7, 11) is 3.41. The van der Waals surface area contributed by atoms with Crippen LogP contribution in [0.15, 0.2) is 60.7 Å². The number of amides is 1. The Balaban J connectivity index is 2.29. The monoisotopic (exact) mass is 238 g/mol. The van der Waals surface area contributed by atoms with Gasteiger partial charge in [-0.2, -0.15) is 0 Å². The van der Waals surface area contributed by atoms with Crippen molar-refractivity contribution in [1.29, 1.82) is 0 Å². The van der Waals surface area contributed by atoms with Gasteiger partial charge in [0.1, 0.15) is 0 Å². The first-order valence-corrected chi connectivity index (χ1v) is 6.10. The van der Waals surface area contributed by atoms with Crippen LogP contribution in [0.3, 0.4) is 0 Å². The van der Waals surface area contributed by atoms with Crippen molar-refractivity contribution in [1.82, 2.24) is 0 Å². The van der Waals surface area contributed by atoms with E-state index < -0.39 is 0 Å². The fourth-order valence-corrected chi connectivity index (χ4v) is 1.95. The van der Waals surface area contributed by atoms with Crippen LogP contribution in [0.5, 0.6) is 0 Å². The van der Waals surface area contributed by atoms with Crippen molar-refractivity contribution < 1.29 is 4.79 Å². The minimum absolute atomic E-state index is 0.00759. The first-order valence-electron chi connectivity index (χ1n) is 5.39. The van der Waals surface area contributed by atoms with Crippen molar-refractivity contribution in [3.8, 4) is 0 Å². The Morgan fingerprint density at radius 3 is 2.00 bits per heavy atom. The summed E-state index contributed by atoms with van der Waals surface area (Å²) >= 11 is 0. The normalized spacial score (nSPS) is 9.94. The van der Waals surface area contributed by atoms with Crippen LogP contribution in [0.1, 0.15) is 10.4 Å². The van der Waals surface area contributed by atoms with Gasteiger partial charge in [0.2, 0.25) is 0 Å². The van der Waals surface area contributed by atoms with E-state index in [2.05, 4.69) is 10.2 Å². The molecule has 0 atom stereocenters. The maximum Gasteiger partial charge on any atom is 0.257 e. The van der Waals surface area contributed by atoms with Crippen molar-refractivity contribution >= 4 is 21.8 Å². The van der Waals surface area contributed by atoms with Crippen molar-refractivity contribution in [2.24, 2.45) is 0 Å². The molecule has 0 heterocycles. The number of nitrogens with zero attached hydrogens (tertiary/aromatic N) is 1. The van der Waals surface area contributed by atoms with Gasteiger partial charge >= 0.3 is 0 Å². The zero-order valence-corrected chi connectivity index (χ0v) is 10.3. The lowest BCUT2D eigenvalue weighted by Gasteiger charge is -2.21. The van der Waals surface area contributed by atoms with Gasteiger partial charge in [-0.05, 0) is 24.3 Å². The smallest absolute Gasteiger partial charge is 0.257 e. The highest BCUT2D eigenvalue weighted by atomic mass is 28.1. The van der Waals surface area contributed by atoms with E-state index in [0.29, 0.717) is 11.7 Å². The summed E-state index contributed by atoms with van der Waals surface area (Å²) < 4.78 is 0. The van der Waals surface area contributed by atoms with E-state index in [0.717, 1.165) is 5.69 Å². The molecule has 0 saturated heterocycles. The highest BCUT2D eigenvalue weighted by molar-refractivity contribution is 6.17. The van der Waals surface area contributed by atoms with Crippen LogP contribution in [0.25, 0.3) is 0 Å². The van der Waals surface area contributed by atoms with Gasteiger partial charge in [0.15, 0.2) is 0 Å². The fourth-order valence-electron chi connectivity index (χ4n) is 1.62. The third-order valence-electron chi connectivity index (χ3n) is 2.49. The molecule has 2 aromatic rings. The van der Waals surface area contributed by atoms with Crippen LogP contribution in [0.2, 0.25) is 0 Å². The second-order valence-corrected chi connectivity index (χ2v) is 3.91. The molecule has 3 heteroatoms. The van der Waals surface area contributed by atoms with Crippen molar-refractivity contribution in [3.05, 3.63) is 66.2 Å². The van der Waals surface area contributed by atoms with E-state index in [1.165, 1.54) is 0 Å². The number of hydrogen-bond acceptors (Lipinski definition) is 1. The first kappa shape index (κ1) is 11.6. The molecule has 83 valence electrons. The molecule has 0 spiro atoms. The predicted molar refractivity (Wildman–Crippen MR) is 70.3 cm³/mol. The summed E-state index contributed by atoms with van der Waals surface area (Å²) in [5.74, 6) is -0.00759. The lowest BCUT2D eigenvalue weighted by atomic mass is 10.2. The number of benzene rings is 2. The Bertz CT molecular complexity index is 484. The predicted octanol–water partition coefficient (Wildman–Crippen LogP) is 2.46. The van der Waals surface area contributed by atoms with Gasteiger partial charge in [-0.15, -0.1) is 0 Å². The molecule has 2 nitrogen and oxygen atoms in total. The minimum Gasteiger partial charge on any atom is -0.312 e. The maximum atomic E-state index is 12.3. The molecule has 17 heavy (non-hydrogen) atoms. The van der Waals surface area contributed by atoms with E-state index >= 15 is 0 Å². The third kappa shape index (κ3) is 2.63. The molecule has 0 fully saturated rings. The van der Waals surface area contributed by atoms with Gasteiger partial charge in [0.05, 0.1) is 10.2 Å². The molecular formula is C14H12NOSi. The standard InChI is InChI=1S/C14H12NOSi/c16-14(12-7-3-1-4-8-12)15(11-17)13-9-5-2-6-10-13/h1-10H,11H2. The van der Waals surface area contributed by atoms with Crippen LogP contribution < -0.4 is 4.90 Å².